The number of aliphatic hydroxyl groups is 1. The topological polar surface area (TPSA) is 33.1 Å². The van der Waals surface area contributed by atoms with Gasteiger partial charge in [-0.05, 0) is 43.2 Å². The Kier molecular flexibility index (Phi) is 2.31. The standard InChI is InChI=1S/C12H17NO/c1-7-4-10(6-13-9(7)3)12(14)11-5-8(11)2/h4,6,8,11-12,14H,5H2,1-3H3. The Hall–Kier alpha value is -0.890. The fraction of sp³-hybridized carbons (Fsp3) is 0.583. The van der Waals surface area contributed by atoms with Gasteiger partial charge in [0.25, 0.3) is 0 Å². The van der Waals surface area contributed by atoms with Gasteiger partial charge in [0, 0.05) is 11.9 Å². The Balaban J connectivity index is 2.20. The maximum absolute atomic E-state index is 10.0. The van der Waals surface area contributed by atoms with Crippen LogP contribution in [0.1, 0.15) is 36.3 Å². The summed E-state index contributed by atoms with van der Waals surface area (Å²) >= 11 is 0. The zero-order chi connectivity index (χ0) is 10.3. The van der Waals surface area contributed by atoms with Gasteiger partial charge < -0.3 is 5.11 Å². The summed E-state index contributed by atoms with van der Waals surface area (Å²) in [5, 5.41) is 10.0. The highest BCUT2D eigenvalue weighted by Gasteiger charge is 2.39. The molecule has 76 valence electrons. The maximum atomic E-state index is 10.0. The number of hydrogen-bond donors (Lipinski definition) is 1. The molecular weight excluding hydrogens is 174 g/mol. The van der Waals surface area contributed by atoms with Gasteiger partial charge in [-0.2, -0.15) is 0 Å². The van der Waals surface area contributed by atoms with E-state index in [0.717, 1.165) is 23.2 Å². The zero-order valence-electron chi connectivity index (χ0n) is 8.99. The van der Waals surface area contributed by atoms with Crippen molar-refractivity contribution in [2.75, 3.05) is 0 Å². The number of rotatable bonds is 2. The van der Waals surface area contributed by atoms with Crippen LogP contribution in [-0.4, -0.2) is 10.1 Å². The average Bonchev–Trinajstić information content (AvgIpc) is 2.86. The van der Waals surface area contributed by atoms with E-state index >= 15 is 0 Å². The lowest BCUT2D eigenvalue weighted by Crippen LogP contribution is -2.03. The molecule has 0 radical (unpaired) electrons. The van der Waals surface area contributed by atoms with E-state index in [4.69, 9.17) is 0 Å². The number of hydrogen-bond acceptors (Lipinski definition) is 2. The zero-order valence-corrected chi connectivity index (χ0v) is 8.99. The van der Waals surface area contributed by atoms with E-state index in [1.807, 2.05) is 13.8 Å². The van der Waals surface area contributed by atoms with Crippen molar-refractivity contribution in [2.24, 2.45) is 11.8 Å². The molecule has 1 saturated carbocycles. The summed E-state index contributed by atoms with van der Waals surface area (Å²) in [6.07, 6.45) is 2.64. The molecule has 1 aromatic heterocycles. The van der Waals surface area contributed by atoms with Gasteiger partial charge >= 0.3 is 0 Å². The van der Waals surface area contributed by atoms with Crippen molar-refractivity contribution < 1.29 is 5.11 Å². The van der Waals surface area contributed by atoms with Gasteiger partial charge in [0.1, 0.15) is 0 Å². The highest BCUT2D eigenvalue weighted by molar-refractivity contribution is 5.25. The van der Waals surface area contributed by atoms with E-state index in [2.05, 4.69) is 18.0 Å². The van der Waals surface area contributed by atoms with Crippen molar-refractivity contribution in [2.45, 2.75) is 33.3 Å². The fourth-order valence-corrected chi connectivity index (χ4v) is 1.86. The molecule has 1 aliphatic rings. The van der Waals surface area contributed by atoms with E-state index in [9.17, 15) is 5.11 Å². The first-order valence-corrected chi connectivity index (χ1v) is 5.21. The molecule has 1 aliphatic carbocycles. The minimum Gasteiger partial charge on any atom is -0.388 e. The van der Waals surface area contributed by atoms with E-state index in [0.29, 0.717) is 11.8 Å². The van der Waals surface area contributed by atoms with Crippen LogP contribution in [0.25, 0.3) is 0 Å². The smallest absolute Gasteiger partial charge is 0.0835 e. The lowest BCUT2D eigenvalue weighted by atomic mass is 10.0. The van der Waals surface area contributed by atoms with Gasteiger partial charge in [0.15, 0.2) is 0 Å². The fourth-order valence-electron chi connectivity index (χ4n) is 1.86. The summed E-state index contributed by atoms with van der Waals surface area (Å²) in [5.41, 5.74) is 3.18. The first-order chi connectivity index (χ1) is 6.59. The lowest BCUT2D eigenvalue weighted by molar-refractivity contribution is 0.147. The first kappa shape index (κ1) is 9.66. The van der Waals surface area contributed by atoms with Gasteiger partial charge in [-0.1, -0.05) is 13.0 Å². The van der Waals surface area contributed by atoms with Crippen molar-refractivity contribution in [3.63, 3.8) is 0 Å². The molecule has 2 heteroatoms. The van der Waals surface area contributed by atoms with Crippen LogP contribution >= 0.6 is 0 Å². The first-order valence-electron chi connectivity index (χ1n) is 5.21. The molecule has 0 spiro atoms. The number of aromatic nitrogens is 1. The van der Waals surface area contributed by atoms with Crippen LogP contribution in [0.15, 0.2) is 12.3 Å². The van der Waals surface area contributed by atoms with Crippen molar-refractivity contribution in [1.82, 2.24) is 4.98 Å². The molecular formula is C12H17NO. The second kappa shape index (κ2) is 3.35. The summed E-state index contributed by atoms with van der Waals surface area (Å²) < 4.78 is 0. The van der Waals surface area contributed by atoms with Crippen LogP contribution in [0.5, 0.6) is 0 Å². The van der Waals surface area contributed by atoms with Gasteiger partial charge in [-0.3, -0.25) is 4.98 Å². The molecule has 3 unspecified atom stereocenters. The van der Waals surface area contributed by atoms with Crippen molar-refractivity contribution in [1.29, 1.82) is 0 Å². The number of aliphatic hydroxyl groups excluding tert-OH is 1. The maximum Gasteiger partial charge on any atom is 0.0835 e. The normalized spacial score (nSPS) is 27.4. The predicted molar refractivity (Wildman–Crippen MR) is 55.9 cm³/mol. The van der Waals surface area contributed by atoms with E-state index < -0.39 is 0 Å². The Labute approximate surface area is 85.0 Å². The molecule has 3 atom stereocenters. The van der Waals surface area contributed by atoms with Gasteiger partial charge in [-0.25, -0.2) is 0 Å². The number of aryl methyl sites for hydroxylation is 2. The minimum atomic E-state index is -0.309. The average molecular weight is 191 g/mol. The summed E-state index contributed by atoms with van der Waals surface area (Å²) in [4.78, 5) is 4.27. The number of nitrogens with zero attached hydrogens (tertiary/aromatic N) is 1. The molecule has 0 saturated heterocycles. The third-order valence-electron chi connectivity index (χ3n) is 3.28. The van der Waals surface area contributed by atoms with E-state index in [1.54, 1.807) is 6.20 Å². The van der Waals surface area contributed by atoms with Crippen molar-refractivity contribution in [3.05, 3.63) is 29.1 Å². The largest absolute Gasteiger partial charge is 0.388 e. The minimum absolute atomic E-state index is 0.309. The molecule has 0 amide bonds. The highest BCUT2D eigenvalue weighted by atomic mass is 16.3. The second-order valence-corrected chi connectivity index (χ2v) is 4.49. The summed E-state index contributed by atoms with van der Waals surface area (Å²) in [6, 6.07) is 2.05. The molecule has 1 aromatic rings. The van der Waals surface area contributed by atoms with Crippen LogP contribution in [0.2, 0.25) is 0 Å². The lowest BCUT2D eigenvalue weighted by Gasteiger charge is -2.11. The summed E-state index contributed by atoms with van der Waals surface area (Å²) in [7, 11) is 0. The van der Waals surface area contributed by atoms with Crippen LogP contribution in [0.3, 0.4) is 0 Å². The predicted octanol–water partition coefficient (Wildman–Crippen LogP) is 2.39. The molecule has 0 bridgehead atoms. The molecule has 1 fully saturated rings. The highest BCUT2D eigenvalue weighted by Crippen LogP contribution is 2.46. The van der Waals surface area contributed by atoms with Crippen LogP contribution in [0, 0.1) is 25.7 Å². The molecule has 0 aliphatic heterocycles. The van der Waals surface area contributed by atoms with Gasteiger partial charge in [0.05, 0.1) is 6.10 Å². The Morgan fingerprint density at radius 3 is 2.64 bits per heavy atom. The Bertz CT molecular complexity index is 348. The molecule has 0 aromatic carbocycles. The third kappa shape index (κ3) is 1.67. The Morgan fingerprint density at radius 1 is 1.50 bits per heavy atom. The Morgan fingerprint density at radius 2 is 2.14 bits per heavy atom. The molecule has 2 nitrogen and oxygen atoms in total. The quantitative estimate of drug-likeness (QED) is 0.778. The van der Waals surface area contributed by atoms with E-state index in [-0.39, 0.29) is 6.10 Å². The van der Waals surface area contributed by atoms with Crippen LogP contribution in [-0.2, 0) is 0 Å². The molecule has 1 N–H and O–H groups in total. The van der Waals surface area contributed by atoms with Crippen molar-refractivity contribution >= 4 is 0 Å². The van der Waals surface area contributed by atoms with Crippen LogP contribution < -0.4 is 0 Å². The van der Waals surface area contributed by atoms with Gasteiger partial charge in [-0.15, -0.1) is 0 Å². The monoisotopic (exact) mass is 191 g/mol. The number of pyridine rings is 1. The SMILES string of the molecule is Cc1cc(C(O)C2CC2C)cnc1C. The van der Waals surface area contributed by atoms with Crippen LogP contribution in [0.4, 0.5) is 0 Å². The molecule has 1 heterocycles. The molecule has 14 heavy (non-hydrogen) atoms. The third-order valence-corrected chi connectivity index (χ3v) is 3.28. The van der Waals surface area contributed by atoms with Gasteiger partial charge in [0.2, 0.25) is 0 Å². The summed E-state index contributed by atoms with van der Waals surface area (Å²) in [5.74, 6) is 1.13. The second-order valence-electron chi connectivity index (χ2n) is 4.49. The summed E-state index contributed by atoms with van der Waals surface area (Å²) in [6.45, 7) is 6.21. The van der Waals surface area contributed by atoms with Crippen molar-refractivity contribution in [3.8, 4) is 0 Å². The van der Waals surface area contributed by atoms with E-state index in [1.165, 1.54) is 0 Å². The molecule has 2 rings (SSSR count).